The van der Waals surface area contributed by atoms with Crippen molar-refractivity contribution in [3.63, 3.8) is 0 Å². The van der Waals surface area contributed by atoms with Gasteiger partial charge in [0.2, 0.25) is 0 Å². The predicted octanol–water partition coefficient (Wildman–Crippen LogP) is 1.56. The number of hydrogen-bond acceptors (Lipinski definition) is 3. The zero-order valence-corrected chi connectivity index (χ0v) is 10.7. The summed E-state index contributed by atoms with van der Waals surface area (Å²) < 4.78 is 43.5. The fraction of sp³-hybridized carbons (Fsp3) is 0.900. The second kappa shape index (κ2) is 5.07. The molecule has 1 aliphatic rings. The number of hydrogen-bond donors (Lipinski definition) is 1. The Morgan fingerprint density at radius 2 is 2.12 bits per heavy atom. The number of thiocarbonyl (C=S) groups is 1. The van der Waals surface area contributed by atoms with Crippen LogP contribution in [0.15, 0.2) is 0 Å². The van der Waals surface area contributed by atoms with Crippen LogP contribution in [0.25, 0.3) is 0 Å². The molecule has 1 fully saturated rings. The lowest BCUT2D eigenvalue weighted by molar-refractivity contribution is -0.167. The highest BCUT2D eigenvalue weighted by Gasteiger charge is 2.45. The minimum absolute atomic E-state index is 0.199. The average molecular weight is 270 g/mol. The molecule has 0 amide bonds. The number of nitrogens with two attached hydrogens (primary N) is 1. The summed E-state index contributed by atoms with van der Waals surface area (Å²) in [6.45, 7) is 4.80. The molecule has 0 aromatic rings. The molecule has 1 unspecified atom stereocenters. The van der Waals surface area contributed by atoms with E-state index in [9.17, 15) is 13.2 Å². The molecule has 1 rings (SSSR count). The third-order valence-electron chi connectivity index (χ3n) is 2.96. The molecule has 2 N–H and O–H groups in total. The van der Waals surface area contributed by atoms with Gasteiger partial charge in [0.15, 0.2) is 0 Å². The number of halogens is 3. The van der Waals surface area contributed by atoms with E-state index in [1.54, 1.807) is 4.90 Å². The van der Waals surface area contributed by atoms with Gasteiger partial charge < -0.3 is 10.5 Å². The largest absolute Gasteiger partial charge is 0.399 e. The average Bonchev–Trinajstić information content (AvgIpc) is 2.12. The zero-order chi connectivity index (χ0) is 13.3. The summed E-state index contributed by atoms with van der Waals surface area (Å²) in [5.41, 5.74) is 4.76. The van der Waals surface area contributed by atoms with Crippen molar-refractivity contribution in [1.82, 2.24) is 4.90 Å². The van der Waals surface area contributed by atoms with Gasteiger partial charge in [0.1, 0.15) is 5.92 Å². The van der Waals surface area contributed by atoms with E-state index >= 15 is 0 Å². The minimum atomic E-state index is -4.39. The number of rotatable bonds is 3. The molecule has 1 saturated heterocycles. The summed E-state index contributed by atoms with van der Waals surface area (Å²) in [5.74, 6) is -1.75. The molecular formula is C10H17F3N2OS. The minimum Gasteiger partial charge on any atom is -0.393 e. The number of ether oxygens (including phenoxy) is 1. The molecule has 0 bridgehead atoms. The quantitative estimate of drug-likeness (QED) is 0.790. The van der Waals surface area contributed by atoms with Crippen molar-refractivity contribution in [2.45, 2.75) is 25.6 Å². The maximum absolute atomic E-state index is 12.8. The SMILES string of the molecule is CC1(C)COCCN1CC(C(N)=S)C(F)(F)F. The monoisotopic (exact) mass is 270 g/mol. The molecule has 100 valence electrons. The van der Waals surface area contributed by atoms with Gasteiger partial charge in [-0.05, 0) is 13.8 Å². The van der Waals surface area contributed by atoms with Crippen molar-refractivity contribution in [3.05, 3.63) is 0 Å². The second-order valence-electron chi connectivity index (χ2n) is 4.81. The predicted molar refractivity (Wildman–Crippen MR) is 62.8 cm³/mol. The van der Waals surface area contributed by atoms with E-state index in [4.69, 9.17) is 10.5 Å². The first-order valence-corrected chi connectivity index (χ1v) is 5.74. The lowest BCUT2D eigenvalue weighted by Gasteiger charge is -2.43. The normalized spacial score (nSPS) is 23.4. The van der Waals surface area contributed by atoms with E-state index < -0.39 is 22.6 Å². The molecule has 1 aliphatic heterocycles. The topological polar surface area (TPSA) is 38.5 Å². The van der Waals surface area contributed by atoms with Gasteiger partial charge in [-0.3, -0.25) is 4.90 Å². The van der Waals surface area contributed by atoms with Gasteiger partial charge in [-0.25, -0.2) is 0 Å². The maximum atomic E-state index is 12.8. The van der Waals surface area contributed by atoms with Gasteiger partial charge in [-0.1, -0.05) is 12.2 Å². The Hall–Kier alpha value is -0.400. The van der Waals surface area contributed by atoms with Crippen LogP contribution in [0.1, 0.15) is 13.8 Å². The van der Waals surface area contributed by atoms with Crippen LogP contribution in [0.2, 0.25) is 0 Å². The fourth-order valence-electron chi connectivity index (χ4n) is 1.80. The Kier molecular flexibility index (Phi) is 4.38. The van der Waals surface area contributed by atoms with Gasteiger partial charge >= 0.3 is 6.18 Å². The standard InChI is InChI=1S/C10H17F3N2OS/c1-9(2)6-16-4-3-15(9)5-7(8(14)17)10(11,12)13/h7H,3-6H2,1-2H3,(H2,14,17). The summed E-state index contributed by atoms with van der Waals surface area (Å²) in [7, 11) is 0. The molecule has 0 aromatic heterocycles. The summed E-state index contributed by atoms with van der Waals surface area (Å²) in [6.07, 6.45) is -4.39. The van der Waals surface area contributed by atoms with Crippen LogP contribution in [0.5, 0.6) is 0 Å². The third kappa shape index (κ3) is 3.79. The molecule has 0 aliphatic carbocycles. The Labute approximate surface area is 104 Å². The van der Waals surface area contributed by atoms with E-state index in [1.165, 1.54) is 0 Å². The molecular weight excluding hydrogens is 253 g/mol. The molecule has 3 nitrogen and oxygen atoms in total. The van der Waals surface area contributed by atoms with Crippen LogP contribution in [-0.2, 0) is 4.74 Å². The summed E-state index contributed by atoms with van der Waals surface area (Å²) >= 11 is 4.51. The van der Waals surface area contributed by atoms with Gasteiger partial charge in [0.25, 0.3) is 0 Å². The van der Waals surface area contributed by atoms with Crippen molar-refractivity contribution in [3.8, 4) is 0 Å². The third-order valence-corrected chi connectivity index (χ3v) is 3.24. The van der Waals surface area contributed by atoms with Crippen LogP contribution in [0.3, 0.4) is 0 Å². The Bertz CT molecular complexity index is 294. The molecule has 7 heteroatoms. The van der Waals surface area contributed by atoms with Crippen LogP contribution in [0.4, 0.5) is 13.2 Å². The van der Waals surface area contributed by atoms with Gasteiger partial charge in [0.05, 0.1) is 18.2 Å². The molecule has 0 aromatic carbocycles. The summed E-state index contributed by atoms with van der Waals surface area (Å²) in [5, 5.41) is 0. The van der Waals surface area contributed by atoms with Gasteiger partial charge in [-0.2, -0.15) is 13.2 Å². The highest BCUT2D eigenvalue weighted by atomic mass is 32.1. The van der Waals surface area contributed by atoms with Crippen LogP contribution in [-0.4, -0.2) is 47.9 Å². The molecule has 0 radical (unpaired) electrons. The van der Waals surface area contributed by atoms with Crippen molar-refractivity contribution in [2.75, 3.05) is 26.3 Å². The molecule has 0 spiro atoms. The molecule has 1 atom stereocenters. The second-order valence-corrected chi connectivity index (χ2v) is 5.28. The first kappa shape index (κ1) is 14.7. The van der Waals surface area contributed by atoms with E-state index in [0.29, 0.717) is 19.8 Å². The lowest BCUT2D eigenvalue weighted by atomic mass is 9.99. The Morgan fingerprint density at radius 1 is 1.53 bits per heavy atom. The van der Waals surface area contributed by atoms with E-state index in [1.807, 2.05) is 13.8 Å². The van der Waals surface area contributed by atoms with Crippen molar-refractivity contribution < 1.29 is 17.9 Å². The van der Waals surface area contributed by atoms with Crippen LogP contribution < -0.4 is 5.73 Å². The number of morpholine rings is 1. The van der Waals surface area contributed by atoms with Gasteiger partial charge in [-0.15, -0.1) is 0 Å². The van der Waals surface area contributed by atoms with Gasteiger partial charge in [0, 0.05) is 18.6 Å². The fourth-order valence-corrected chi connectivity index (χ4v) is 2.01. The van der Waals surface area contributed by atoms with Crippen molar-refractivity contribution in [1.29, 1.82) is 0 Å². The smallest absolute Gasteiger partial charge is 0.393 e. The highest BCUT2D eigenvalue weighted by molar-refractivity contribution is 7.80. The number of alkyl halides is 3. The van der Waals surface area contributed by atoms with Crippen LogP contribution in [0, 0.1) is 5.92 Å². The Balaban J connectivity index is 2.76. The molecule has 1 heterocycles. The van der Waals surface area contributed by atoms with E-state index in [-0.39, 0.29) is 6.54 Å². The molecule has 17 heavy (non-hydrogen) atoms. The Morgan fingerprint density at radius 3 is 2.53 bits per heavy atom. The highest BCUT2D eigenvalue weighted by Crippen LogP contribution is 2.30. The van der Waals surface area contributed by atoms with E-state index in [2.05, 4.69) is 12.2 Å². The summed E-state index contributed by atoms with van der Waals surface area (Å²) in [6, 6.07) is 0. The first-order chi connectivity index (χ1) is 7.64. The first-order valence-electron chi connectivity index (χ1n) is 5.33. The lowest BCUT2D eigenvalue weighted by Crippen LogP contribution is -2.56. The zero-order valence-electron chi connectivity index (χ0n) is 9.88. The molecule has 0 saturated carbocycles. The number of nitrogens with zero attached hydrogens (tertiary/aromatic N) is 1. The summed E-state index contributed by atoms with van der Waals surface area (Å²) in [4.78, 5) is 1.23. The van der Waals surface area contributed by atoms with Crippen molar-refractivity contribution >= 4 is 17.2 Å². The van der Waals surface area contributed by atoms with Crippen molar-refractivity contribution in [2.24, 2.45) is 11.7 Å². The van der Waals surface area contributed by atoms with Crippen LogP contribution >= 0.6 is 12.2 Å². The van der Waals surface area contributed by atoms with E-state index in [0.717, 1.165) is 0 Å². The maximum Gasteiger partial charge on any atom is 0.399 e.